The number of aromatic nitrogens is 2. The molecule has 0 spiro atoms. The summed E-state index contributed by atoms with van der Waals surface area (Å²) < 4.78 is 0. The maximum atomic E-state index is 12.2. The van der Waals surface area contributed by atoms with Crippen LogP contribution in [0.25, 0.3) is 0 Å². The van der Waals surface area contributed by atoms with Gasteiger partial charge in [0.2, 0.25) is 17.7 Å². The van der Waals surface area contributed by atoms with E-state index in [1.807, 2.05) is 5.32 Å². The van der Waals surface area contributed by atoms with Gasteiger partial charge in [0.05, 0.1) is 25.5 Å². The van der Waals surface area contributed by atoms with Gasteiger partial charge in [-0.1, -0.05) is 0 Å². The minimum Gasteiger partial charge on any atom is -0.481 e. The van der Waals surface area contributed by atoms with Crippen molar-refractivity contribution >= 4 is 29.7 Å². The number of amides is 3. The fourth-order valence-corrected chi connectivity index (χ4v) is 2.26. The van der Waals surface area contributed by atoms with Crippen molar-refractivity contribution in [2.75, 3.05) is 13.2 Å². The lowest BCUT2D eigenvalue weighted by Crippen LogP contribution is -2.54. The molecule has 1 aromatic rings. The molecule has 3 amide bonds. The first-order chi connectivity index (χ1) is 14.1. The van der Waals surface area contributed by atoms with Crippen molar-refractivity contribution in [2.24, 2.45) is 5.73 Å². The quantitative estimate of drug-likeness (QED) is 0.153. The van der Waals surface area contributed by atoms with Gasteiger partial charge >= 0.3 is 11.9 Å². The van der Waals surface area contributed by atoms with Crippen LogP contribution in [0.3, 0.4) is 0 Å². The second kappa shape index (κ2) is 12.1. The summed E-state index contributed by atoms with van der Waals surface area (Å²) in [5.41, 5.74) is 6.34. The van der Waals surface area contributed by atoms with Crippen molar-refractivity contribution in [3.8, 4) is 0 Å². The third-order valence-electron chi connectivity index (χ3n) is 3.85. The molecule has 0 aliphatic rings. The highest BCUT2D eigenvalue weighted by Crippen LogP contribution is 2.00. The first kappa shape index (κ1) is 24.5. The molecule has 1 heterocycles. The van der Waals surface area contributed by atoms with Crippen LogP contribution in [0.2, 0.25) is 0 Å². The van der Waals surface area contributed by atoms with Crippen molar-refractivity contribution in [3.05, 3.63) is 18.2 Å². The molecule has 3 unspecified atom stereocenters. The summed E-state index contributed by atoms with van der Waals surface area (Å²) in [6.07, 6.45) is 2.23. The van der Waals surface area contributed by atoms with E-state index in [0.717, 1.165) is 0 Å². The molecular weight excluding hydrogens is 404 g/mol. The lowest BCUT2D eigenvalue weighted by Gasteiger charge is -2.20. The molecule has 3 atom stereocenters. The number of nitrogens with zero attached hydrogens (tertiary/aromatic N) is 1. The van der Waals surface area contributed by atoms with Crippen LogP contribution in [0.4, 0.5) is 0 Å². The molecule has 0 saturated carbocycles. The van der Waals surface area contributed by atoms with Gasteiger partial charge in [-0.05, 0) is 6.42 Å². The summed E-state index contributed by atoms with van der Waals surface area (Å²) in [7, 11) is 0. The summed E-state index contributed by atoms with van der Waals surface area (Å²) in [6.45, 7) is -1.44. The maximum Gasteiger partial charge on any atom is 0.328 e. The van der Waals surface area contributed by atoms with Gasteiger partial charge in [0.1, 0.15) is 12.1 Å². The molecule has 166 valence electrons. The zero-order chi connectivity index (χ0) is 22.7. The van der Waals surface area contributed by atoms with Gasteiger partial charge in [0, 0.05) is 24.7 Å². The fraction of sp³-hybridized carbons (Fsp3) is 0.500. The van der Waals surface area contributed by atoms with Gasteiger partial charge in [0.25, 0.3) is 0 Å². The summed E-state index contributed by atoms with van der Waals surface area (Å²) in [6, 6.07) is -3.98. The van der Waals surface area contributed by atoms with Crippen molar-refractivity contribution < 1.29 is 39.3 Å². The number of nitrogens with two attached hydrogens (primary N) is 1. The summed E-state index contributed by atoms with van der Waals surface area (Å²) >= 11 is 0. The standard InChI is InChI=1S/C16H24N6O8/c17-9(3-8-4-18-7-20-8)14(27)19-5-12(24)21-10(1-2-13(25)26)15(28)22-11(6-23)16(29)30/h4,7,9-11,23H,1-3,5-6,17H2,(H,18,20)(H,19,27)(H,21,24)(H,22,28)(H,25,26)(H,29,30). The van der Waals surface area contributed by atoms with Crippen LogP contribution in [0.1, 0.15) is 18.5 Å². The molecular formula is C16H24N6O8. The monoisotopic (exact) mass is 428 g/mol. The molecule has 14 nitrogen and oxygen atoms in total. The average Bonchev–Trinajstić information content (AvgIpc) is 3.19. The van der Waals surface area contributed by atoms with Crippen molar-refractivity contribution in [3.63, 3.8) is 0 Å². The van der Waals surface area contributed by atoms with Crippen molar-refractivity contribution in [1.82, 2.24) is 25.9 Å². The summed E-state index contributed by atoms with van der Waals surface area (Å²) in [5.74, 6) is -5.20. The molecule has 0 aliphatic carbocycles. The number of carbonyl (C=O) groups is 5. The minimum atomic E-state index is -1.62. The number of nitrogens with one attached hydrogen (secondary N) is 4. The Bertz CT molecular complexity index is 753. The van der Waals surface area contributed by atoms with Crippen LogP contribution >= 0.6 is 0 Å². The van der Waals surface area contributed by atoms with Crippen molar-refractivity contribution in [2.45, 2.75) is 37.4 Å². The Balaban J connectivity index is 2.60. The van der Waals surface area contributed by atoms with Gasteiger partial charge < -0.3 is 42.0 Å². The largest absolute Gasteiger partial charge is 0.481 e. The van der Waals surface area contributed by atoms with Gasteiger partial charge in [-0.3, -0.25) is 19.2 Å². The van der Waals surface area contributed by atoms with Gasteiger partial charge in [-0.25, -0.2) is 9.78 Å². The van der Waals surface area contributed by atoms with Gasteiger partial charge in [-0.2, -0.15) is 0 Å². The summed E-state index contributed by atoms with van der Waals surface area (Å²) in [5, 5.41) is 33.1. The highest BCUT2D eigenvalue weighted by molar-refractivity contribution is 5.92. The molecule has 0 bridgehead atoms. The molecule has 9 N–H and O–H groups in total. The molecule has 0 fully saturated rings. The Kier molecular flexibility index (Phi) is 9.91. The predicted molar refractivity (Wildman–Crippen MR) is 98.7 cm³/mol. The maximum absolute atomic E-state index is 12.2. The van der Waals surface area contributed by atoms with E-state index >= 15 is 0 Å². The summed E-state index contributed by atoms with van der Waals surface area (Å²) in [4.78, 5) is 64.4. The highest BCUT2D eigenvalue weighted by atomic mass is 16.4. The van der Waals surface area contributed by atoms with E-state index < -0.39 is 67.4 Å². The Morgan fingerprint density at radius 1 is 1.10 bits per heavy atom. The van der Waals surface area contributed by atoms with Crippen LogP contribution < -0.4 is 21.7 Å². The molecule has 0 radical (unpaired) electrons. The van der Waals surface area contributed by atoms with Crippen LogP contribution in [-0.4, -0.2) is 86.2 Å². The number of aliphatic hydroxyl groups is 1. The molecule has 0 aliphatic heterocycles. The van der Waals surface area contributed by atoms with Crippen LogP contribution in [0.15, 0.2) is 12.5 Å². The first-order valence-electron chi connectivity index (χ1n) is 8.79. The SMILES string of the molecule is NC(Cc1cnc[nH]1)C(=O)NCC(=O)NC(CCC(=O)O)C(=O)NC(CO)C(=O)O. The highest BCUT2D eigenvalue weighted by Gasteiger charge is 2.27. The van der Waals surface area contributed by atoms with Gasteiger partial charge in [0.15, 0.2) is 0 Å². The minimum absolute atomic E-state index is 0.148. The number of carboxylic acids is 2. The normalized spacial score (nSPS) is 13.5. The lowest BCUT2D eigenvalue weighted by atomic mass is 10.1. The number of carboxylic acid groups (broad SMARTS) is 2. The van der Waals surface area contributed by atoms with Gasteiger partial charge in [-0.15, -0.1) is 0 Å². The number of carbonyl (C=O) groups excluding carboxylic acids is 3. The predicted octanol–water partition coefficient (Wildman–Crippen LogP) is -3.69. The van der Waals surface area contributed by atoms with E-state index in [-0.39, 0.29) is 12.8 Å². The first-order valence-corrected chi connectivity index (χ1v) is 8.79. The zero-order valence-corrected chi connectivity index (χ0v) is 15.8. The van der Waals surface area contributed by atoms with Crippen LogP contribution in [-0.2, 0) is 30.4 Å². The molecule has 1 rings (SSSR count). The van der Waals surface area contributed by atoms with E-state index in [0.29, 0.717) is 5.69 Å². The van der Waals surface area contributed by atoms with Crippen molar-refractivity contribution in [1.29, 1.82) is 0 Å². The second-order valence-corrected chi connectivity index (χ2v) is 6.24. The number of hydrogen-bond acceptors (Lipinski definition) is 8. The molecule has 0 saturated heterocycles. The third-order valence-corrected chi connectivity index (χ3v) is 3.85. The zero-order valence-electron chi connectivity index (χ0n) is 15.8. The number of rotatable bonds is 13. The second-order valence-electron chi connectivity index (χ2n) is 6.24. The fourth-order valence-electron chi connectivity index (χ4n) is 2.26. The van der Waals surface area contributed by atoms with E-state index in [1.54, 1.807) is 0 Å². The molecule has 14 heteroatoms. The topological polar surface area (TPSA) is 237 Å². The lowest BCUT2D eigenvalue weighted by molar-refractivity contribution is -0.144. The number of H-pyrrole nitrogens is 1. The Morgan fingerprint density at radius 2 is 1.80 bits per heavy atom. The Labute approximate surface area is 170 Å². The number of aliphatic hydroxyl groups excluding tert-OH is 1. The van der Waals surface area contributed by atoms with E-state index in [9.17, 15) is 24.0 Å². The van der Waals surface area contributed by atoms with E-state index in [4.69, 9.17) is 21.1 Å². The number of aliphatic carboxylic acids is 2. The molecule has 1 aromatic heterocycles. The number of aromatic amines is 1. The Morgan fingerprint density at radius 3 is 2.33 bits per heavy atom. The smallest absolute Gasteiger partial charge is 0.328 e. The third kappa shape index (κ3) is 8.66. The number of hydrogen-bond donors (Lipinski definition) is 8. The van der Waals surface area contributed by atoms with E-state index in [2.05, 4.69) is 20.6 Å². The number of imidazole rings is 1. The van der Waals surface area contributed by atoms with E-state index in [1.165, 1.54) is 12.5 Å². The van der Waals surface area contributed by atoms with Crippen LogP contribution in [0, 0.1) is 0 Å². The van der Waals surface area contributed by atoms with Crippen LogP contribution in [0.5, 0.6) is 0 Å². The Hall–Kier alpha value is -3.52. The molecule has 30 heavy (non-hydrogen) atoms. The molecule has 0 aromatic carbocycles. The average molecular weight is 428 g/mol.